The van der Waals surface area contributed by atoms with Crippen molar-refractivity contribution < 1.29 is 18.0 Å². The number of halogens is 3. The summed E-state index contributed by atoms with van der Waals surface area (Å²) in [6.45, 7) is 4.16. The number of carbonyl (C=O) groups is 1. The van der Waals surface area contributed by atoms with Gasteiger partial charge in [-0.1, -0.05) is 38.1 Å². The van der Waals surface area contributed by atoms with Crippen molar-refractivity contribution in [1.29, 1.82) is 0 Å². The fraction of sp³-hybridized carbons (Fsp3) is 0.474. The number of alkyl halides is 3. The third-order valence-electron chi connectivity index (χ3n) is 6.24. The summed E-state index contributed by atoms with van der Waals surface area (Å²) in [5.74, 6) is -0.439. The van der Waals surface area contributed by atoms with Crippen LogP contribution >= 0.6 is 0 Å². The molecule has 2 bridgehead atoms. The van der Waals surface area contributed by atoms with E-state index in [0.717, 1.165) is 29.3 Å². The second-order valence-electron chi connectivity index (χ2n) is 7.82. The summed E-state index contributed by atoms with van der Waals surface area (Å²) < 4.78 is 40.8. The fourth-order valence-corrected chi connectivity index (χ4v) is 4.97. The monoisotopic (exact) mass is 363 g/mol. The quantitative estimate of drug-likeness (QED) is 0.877. The molecule has 1 saturated carbocycles. The van der Waals surface area contributed by atoms with E-state index in [-0.39, 0.29) is 11.3 Å². The molecular formula is C19H20F3N3O. The number of nitrogens with one attached hydrogen (secondary N) is 1. The van der Waals surface area contributed by atoms with Crippen LogP contribution in [-0.2, 0) is 18.8 Å². The maximum Gasteiger partial charge on any atom is 0.435 e. The predicted octanol–water partition coefficient (Wildman–Crippen LogP) is 3.98. The smallest absolute Gasteiger partial charge is 0.342 e. The highest BCUT2D eigenvalue weighted by Gasteiger charge is 2.62. The normalized spacial score (nSPS) is 26.0. The third-order valence-corrected chi connectivity index (χ3v) is 6.24. The van der Waals surface area contributed by atoms with Crippen molar-refractivity contribution in [3.63, 3.8) is 0 Å². The van der Waals surface area contributed by atoms with E-state index in [4.69, 9.17) is 0 Å². The van der Waals surface area contributed by atoms with E-state index in [1.54, 1.807) is 0 Å². The molecule has 2 aliphatic rings. The van der Waals surface area contributed by atoms with Crippen LogP contribution < -0.4 is 5.32 Å². The summed E-state index contributed by atoms with van der Waals surface area (Å²) in [7, 11) is 1.38. The molecule has 1 aromatic carbocycles. The summed E-state index contributed by atoms with van der Waals surface area (Å²) in [5.41, 5.74) is -0.305. The molecule has 26 heavy (non-hydrogen) atoms. The van der Waals surface area contributed by atoms with Gasteiger partial charge in [0.2, 0.25) is 0 Å². The first-order valence-corrected chi connectivity index (χ1v) is 8.61. The molecule has 1 amide bonds. The topological polar surface area (TPSA) is 46.9 Å². The molecule has 2 aliphatic carbocycles. The van der Waals surface area contributed by atoms with Crippen LogP contribution in [0.4, 0.5) is 13.2 Å². The van der Waals surface area contributed by atoms with E-state index in [2.05, 4.69) is 30.3 Å². The van der Waals surface area contributed by atoms with Gasteiger partial charge in [0.25, 0.3) is 5.91 Å². The highest BCUT2D eigenvalue weighted by Crippen LogP contribution is 2.66. The van der Waals surface area contributed by atoms with E-state index in [1.807, 2.05) is 18.2 Å². The summed E-state index contributed by atoms with van der Waals surface area (Å²) in [6.07, 6.45) is -1.92. The van der Waals surface area contributed by atoms with Gasteiger partial charge < -0.3 is 5.32 Å². The summed E-state index contributed by atoms with van der Waals surface area (Å²) in [4.78, 5) is 12.9. The molecule has 1 N–H and O–H groups in total. The van der Waals surface area contributed by atoms with E-state index < -0.39 is 28.9 Å². The third kappa shape index (κ3) is 2.09. The molecule has 4 rings (SSSR count). The molecule has 1 aromatic heterocycles. The number of benzene rings is 1. The van der Waals surface area contributed by atoms with Crippen LogP contribution in [0.25, 0.3) is 0 Å². The lowest BCUT2D eigenvalue weighted by atomic mass is 9.74. The van der Waals surface area contributed by atoms with Gasteiger partial charge in [-0.3, -0.25) is 9.48 Å². The Balaban J connectivity index is 1.77. The van der Waals surface area contributed by atoms with Crippen LogP contribution in [0.1, 0.15) is 59.8 Å². The van der Waals surface area contributed by atoms with Crippen molar-refractivity contribution in [2.45, 2.75) is 44.3 Å². The molecule has 4 nitrogen and oxygen atoms in total. The predicted molar refractivity (Wildman–Crippen MR) is 89.6 cm³/mol. The molecule has 1 heterocycles. The zero-order chi connectivity index (χ0) is 18.9. The first-order chi connectivity index (χ1) is 12.1. The first-order valence-electron chi connectivity index (χ1n) is 8.61. The number of hydrogen-bond acceptors (Lipinski definition) is 2. The number of hydrogen-bond donors (Lipinski definition) is 1. The van der Waals surface area contributed by atoms with Gasteiger partial charge in [0, 0.05) is 13.2 Å². The minimum Gasteiger partial charge on any atom is -0.342 e. The lowest BCUT2D eigenvalue weighted by Crippen LogP contribution is -2.51. The molecule has 138 valence electrons. The van der Waals surface area contributed by atoms with Gasteiger partial charge in [-0.05, 0) is 35.3 Å². The van der Waals surface area contributed by atoms with Crippen LogP contribution in [0.5, 0.6) is 0 Å². The standard InChI is InChI=1S/C19H20F3N3O/c1-17(2)13-8-9-18(17,14-7-5-4-6-11(13)14)23-16(26)12-10-25(3)24-15(12)19(20,21)22/h4-7,10,13H,8-9H2,1-3H3,(H,23,26). The Morgan fingerprint density at radius 3 is 2.69 bits per heavy atom. The van der Waals surface area contributed by atoms with E-state index >= 15 is 0 Å². The van der Waals surface area contributed by atoms with E-state index in [0.29, 0.717) is 0 Å². The number of aryl methyl sites for hydroxylation is 1. The molecule has 7 heteroatoms. The van der Waals surface area contributed by atoms with Gasteiger partial charge in [-0.15, -0.1) is 0 Å². The summed E-state index contributed by atoms with van der Waals surface area (Å²) in [6, 6.07) is 7.91. The van der Waals surface area contributed by atoms with Crippen LogP contribution in [0.3, 0.4) is 0 Å². The first kappa shape index (κ1) is 17.1. The Hall–Kier alpha value is -2.31. The van der Waals surface area contributed by atoms with Crippen molar-refractivity contribution in [3.05, 3.63) is 52.8 Å². The number of fused-ring (bicyclic) bond motifs is 5. The van der Waals surface area contributed by atoms with E-state index in [1.165, 1.54) is 12.6 Å². The molecule has 0 saturated heterocycles. The Morgan fingerprint density at radius 2 is 2.00 bits per heavy atom. The van der Waals surface area contributed by atoms with Gasteiger partial charge in [0.05, 0.1) is 11.1 Å². The number of nitrogens with zero attached hydrogens (tertiary/aromatic N) is 2. The number of rotatable bonds is 2. The van der Waals surface area contributed by atoms with E-state index in [9.17, 15) is 18.0 Å². The molecule has 0 aliphatic heterocycles. The number of amides is 1. The molecule has 1 fully saturated rings. The maximum absolute atomic E-state index is 13.3. The van der Waals surface area contributed by atoms with Gasteiger partial charge in [0.1, 0.15) is 0 Å². The maximum atomic E-state index is 13.3. The average Bonchev–Trinajstić information content (AvgIpc) is 3.12. The fourth-order valence-electron chi connectivity index (χ4n) is 4.97. The molecule has 2 atom stereocenters. The summed E-state index contributed by atoms with van der Waals surface area (Å²) in [5, 5.41) is 6.43. The minimum atomic E-state index is -4.67. The second kappa shape index (κ2) is 5.11. The van der Waals surface area contributed by atoms with Crippen LogP contribution in [-0.4, -0.2) is 15.7 Å². The summed E-state index contributed by atoms with van der Waals surface area (Å²) >= 11 is 0. The van der Waals surface area contributed by atoms with Gasteiger partial charge in [-0.2, -0.15) is 18.3 Å². The van der Waals surface area contributed by atoms with Crippen LogP contribution in [0.15, 0.2) is 30.5 Å². The highest BCUT2D eigenvalue weighted by atomic mass is 19.4. The number of aromatic nitrogens is 2. The van der Waals surface area contributed by atoms with Crippen molar-refractivity contribution in [2.75, 3.05) is 0 Å². The van der Waals surface area contributed by atoms with Crippen molar-refractivity contribution in [1.82, 2.24) is 15.1 Å². The van der Waals surface area contributed by atoms with Crippen LogP contribution in [0.2, 0.25) is 0 Å². The zero-order valence-electron chi connectivity index (χ0n) is 14.8. The molecule has 2 aromatic rings. The molecule has 0 radical (unpaired) electrons. The Kier molecular flexibility index (Phi) is 3.37. The Labute approximate surface area is 149 Å². The zero-order valence-corrected chi connectivity index (χ0v) is 14.8. The minimum absolute atomic E-state index is 0.271. The van der Waals surface area contributed by atoms with Crippen molar-refractivity contribution in [2.24, 2.45) is 12.5 Å². The van der Waals surface area contributed by atoms with Crippen LogP contribution in [0, 0.1) is 5.41 Å². The van der Waals surface area contributed by atoms with Gasteiger partial charge in [0.15, 0.2) is 5.69 Å². The van der Waals surface area contributed by atoms with Gasteiger partial charge in [-0.25, -0.2) is 0 Å². The number of carbonyl (C=O) groups excluding carboxylic acids is 1. The Bertz CT molecular complexity index is 900. The molecule has 2 unspecified atom stereocenters. The van der Waals surface area contributed by atoms with Gasteiger partial charge >= 0.3 is 6.18 Å². The lowest BCUT2D eigenvalue weighted by molar-refractivity contribution is -0.141. The largest absolute Gasteiger partial charge is 0.435 e. The highest BCUT2D eigenvalue weighted by molar-refractivity contribution is 5.96. The Morgan fingerprint density at radius 1 is 1.31 bits per heavy atom. The van der Waals surface area contributed by atoms with Crippen molar-refractivity contribution >= 4 is 5.91 Å². The SMILES string of the molecule is Cn1cc(C(=O)NC23CCC(c4ccccc42)C3(C)C)c(C(F)(F)F)n1. The second-order valence-corrected chi connectivity index (χ2v) is 7.82. The molecular weight excluding hydrogens is 343 g/mol. The lowest BCUT2D eigenvalue weighted by Gasteiger charge is -2.39. The average molecular weight is 363 g/mol. The van der Waals surface area contributed by atoms with Crippen molar-refractivity contribution in [3.8, 4) is 0 Å². The molecule has 0 spiro atoms.